The summed E-state index contributed by atoms with van der Waals surface area (Å²) < 4.78 is 4.46. The number of hydrogen-bond donors (Lipinski definition) is 3. The molecular formula is C17H23N3O4. The predicted octanol–water partition coefficient (Wildman–Crippen LogP) is 0.456. The first-order valence-corrected chi connectivity index (χ1v) is 8.02. The van der Waals surface area contributed by atoms with E-state index in [0.29, 0.717) is 0 Å². The highest BCUT2D eigenvalue weighted by Crippen LogP contribution is 2.16. The lowest BCUT2D eigenvalue weighted by atomic mass is 9.97. The Morgan fingerprint density at radius 2 is 1.83 bits per heavy atom. The highest BCUT2D eigenvalue weighted by Gasteiger charge is 2.20. The summed E-state index contributed by atoms with van der Waals surface area (Å²) in [6, 6.07) is 7.13. The molecule has 0 unspecified atom stereocenters. The molecule has 1 saturated heterocycles. The van der Waals surface area contributed by atoms with Crippen LogP contribution >= 0.6 is 0 Å². The number of carbonyl (C=O) groups excluding carboxylic acids is 3. The molecule has 1 aromatic carbocycles. The molecule has 3 N–H and O–H groups in total. The monoisotopic (exact) mass is 333 g/mol. The minimum atomic E-state index is -0.487. The molecule has 0 saturated carbocycles. The van der Waals surface area contributed by atoms with Crippen LogP contribution in [0.4, 0.5) is 5.69 Å². The Balaban J connectivity index is 1.80. The minimum Gasteiger partial charge on any atom is -0.468 e. The van der Waals surface area contributed by atoms with Gasteiger partial charge < -0.3 is 20.7 Å². The molecule has 2 amide bonds. The zero-order valence-electron chi connectivity index (χ0n) is 13.8. The van der Waals surface area contributed by atoms with Crippen molar-refractivity contribution in [2.24, 2.45) is 5.92 Å². The molecule has 130 valence electrons. The van der Waals surface area contributed by atoms with E-state index < -0.39 is 5.97 Å². The van der Waals surface area contributed by atoms with Gasteiger partial charge in [-0.05, 0) is 43.6 Å². The van der Waals surface area contributed by atoms with Crippen LogP contribution in [0, 0.1) is 5.92 Å². The summed E-state index contributed by atoms with van der Waals surface area (Å²) in [6.45, 7) is 1.61. The van der Waals surface area contributed by atoms with Crippen molar-refractivity contribution in [1.29, 1.82) is 0 Å². The van der Waals surface area contributed by atoms with Gasteiger partial charge in [0, 0.05) is 11.6 Å². The molecular weight excluding hydrogens is 310 g/mol. The van der Waals surface area contributed by atoms with Crippen molar-refractivity contribution in [3.8, 4) is 0 Å². The van der Waals surface area contributed by atoms with E-state index in [1.165, 1.54) is 7.11 Å². The number of benzene rings is 1. The Morgan fingerprint density at radius 3 is 2.46 bits per heavy atom. The smallest absolute Gasteiger partial charge is 0.325 e. The first-order chi connectivity index (χ1) is 11.6. The second kappa shape index (κ2) is 9.02. The normalized spacial score (nSPS) is 14.7. The van der Waals surface area contributed by atoms with Crippen LogP contribution in [0.15, 0.2) is 24.3 Å². The highest BCUT2D eigenvalue weighted by molar-refractivity contribution is 5.92. The lowest BCUT2D eigenvalue weighted by molar-refractivity contribution is -0.141. The first-order valence-electron chi connectivity index (χ1n) is 8.02. The summed E-state index contributed by atoms with van der Waals surface area (Å²) in [7, 11) is 1.27. The molecule has 1 aromatic rings. The third kappa shape index (κ3) is 5.66. The maximum absolute atomic E-state index is 12.2. The summed E-state index contributed by atoms with van der Waals surface area (Å²) in [5, 5.41) is 8.63. The van der Waals surface area contributed by atoms with Crippen LogP contribution in [0.25, 0.3) is 0 Å². The van der Waals surface area contributed by atoms with E-state index in [0.717, 1.165) is 37.2 Å². The van der Waals surface area contributed by atoms with Gasteiger partial charge in [-0.25, -0.2) is 0 Å². The van der Waals surface area contributed by atoms with Crippen LogP contribution in [-0.4, -0.2) is 44.5 Å². The van der Waals surface area contributed by atoms with E-state index in [4.69, 9.17) is 0 Å². The third-order valence-corrected chi connectivity index (χ3v) is 3.95. The number of anilines is 1. The fourth-order valence-electron chi connectivity index (χ4n) is 2.53. The molecule has 0 aliphatic carbocycles. The summed E-state index contributed by atoms with van der Waals surface area (Å²) >= 11 is 0. The van der Waals surface area contributed by atoms with E-state index in [1.807, 2.05) is 0 Å². The standard InChI is InChI=1S/C17H23N3O4/c1-24-16(22)11-19-15(21)10-12-2-4-14(5-3-12)20-17(23)13-6-8-18-9-7-13/h2-5,13,18H,6-11H2,1H3,(H,19,21)(H,20,23). The molecule has 0 atom stereocenters. The number of piperidine rings is 1. The highest BCUT2D eigenvalue weighted by atomic mass is 16.5. The summed E-state index contributed by atoms with van der Waals surface area (Å²) in [6.07, 6.45) is 1.87. The Morgan fingerprint density at radius 1 is 1.17 bits per heavy atom. The van der Waals surface area contributed by atoms with Gasteiger partial charge in [-0.15, -0.1) is 0 Å². The van der Waals surface area contributed by atoms with Gasteiger partial charge in [0.15, 0.2) is 0 Å². The Bertz CT molecular complexity index is 580. The fourth-order valence-corrected chi connectivity index (χ4v) is 2.53. The molecule has 1 fully saturated rings. The third-order valence-electron chi connectivity index (χ3n) is 3.95. The number of hydrogen-bond acceptors (Lipinski definition) is 5. The average molecular weight is 333 g/mol. The quantitative estimate of drug-likeness (QED) is 0.657. The number of rotatable bonds is 6. The van der Waals surface area contributed by atoms with Gasteiger partial charge in [-0.2, -0.15) is 0 Å². The molecule has 2 rings (SSSR count). The van der Waals surface area contributed by atoms with Crippen LogP contribution in [-0.2, 0) is 25.5 Å². The second-order valence-corrected chi connectivity index (χ2v) is 5.74. The molecule has 24 heavy (non-hydrogen) atoms. The van der Waals surface area contributed by atoms with Crippen molar-refractivity contribution < 1.29 is 19.1 Å². The van der Waals surface area contributed by atoms with E-state index in [-0.39, 0.29) is 30.7 Å². The molecule has 1 aliphatic heterocycles. The van der Waals surface area contributed by atoms with Crippen molar-refractivity contribution in [3.63, 3.8) is 0 Å². The lowest BCUT2D eigenvalue weighted by Gasteiger charge is -2.21. The van der Waals surface area contributed by atoms with Crippen LogP contribution in [0.3, 0.4) is 0 Å². The van der Waals surface area contributed by atoms with Gasteiger partial charge in [0.05, 0.1) is 13.5 Å². The largest absolute Gasteiger partial charge is 0.468 e. The predicted molar refractivity (Wildman–Crippen MR) is 89.4 cm³/mol. The molecule has 1 heterocycles. The Hall–Kier alpha value is -2.41. The molecule has 0 spiro atoms. The van der Waals surface area contributed by atoms with E-state index in [1.54, 1.807) is 24.3 Å². The fraction of sp³-hybridized carbons (Fsp3) is 0.471. The van der Waals surface area contributed by atoms with E-state index >= 15 is 0 Å². The van der Waals surface area contributed by atoms with Crippen molar-refractivity contribution >= 4 is 23.5 Å². The number of carbonyl (C=O) groups is 3. The number of ether oxygens (including phenoxy) is 1. The van der Waals surface area contributed by atoms with Crippen molar-refractivity contribution in [1.82, 2.24) is 10.6 Å². The van der Waals surface area contributed by atoms with E-state index in [2.05, 4.69) is 20.7 Å². The summed E-state index contributed by atoms with van der Waals surface area (Å²) in [5.41, 5.74) is 1.52. The van der Waals surface area contributed by atoms with Crippen LogP contribution in [0.1, 0.15) is 18.4 Å². The van der Waals surface area contributed by atoms with Crippen LogP contribution in [0.5, 0.6) is 0 Å². The summed E-state index contributed by atoms with van der Waals surface area (Å²) in [5.74, 6) is -0.652. The maximum atomic E-state index is 12.2. The lowest BCUT2D eigenvalue weighted by Crippen LogP contribution is -2.34. The Labute approximate surface area is 141 Å². The molecule has 7 nitrogen and oxygen atoms in total. The van der Waals surface area contributed by atoms with Crippen molar-refractivity contribution in [2.75, 3.05) is 32.1 Å². The molecule has 0 radical (unpaired) electrons. The van der Waals surface area contributed by atoms with Gasteiger partial charge in [-0.3, -0.25) is 14.4 Å². The molecule has 0 aromatic heterocycles. The van der Waals surface area contributed by atoms with Crippen LogP contribution < -0.4 is 16.0 Å². The number of nitrogens with one attached hydrogen (secondary N) is 3. The van der Waals surface area contributed by atoms with Gasteiger partial charge in [0.1, 0.15) is 6.54 Å². The molecule has 1 aliphatic rings. The SMILES string of the molecule is COC(=O)CNC(=O)Cc1ccc(NC(=O)C2CCNCC2)cc1. The van der Waals surface area contributed by atoms with Gasteiger partial charge in [0.2, 0.25) is 11.8 Å². The van der Waals surface area contributed by atoms with Crippen molar-refractivity contribution in [2.45, 2.75) is 19.3 Å². The second-order valence-electron chi connectivity index (χ2n) is 5.74. The topological polar surface area (TPSA) is 96.5 Å². The summed E-state index contributed by atoms with van der Waals surface area (Å²) in [4.78, 5) is 34.8. The zero-order valence-corrected chi connectivity index (χ0v) is 13.8. The number of esters is 1. The molecule has 7 heteroatoms. The number of methoxy groups -OCH3 is 1. The molecule has 0 bridgehead atoms. The maximum Gasteiger partial charge on any atom is 0.325 e. The van der Waals surface area contributed by atoms with Gasteiger partial charge >= 0.3 is 5.97 Å². The Kier molecular flexibility index (Phi) is 6.74. The number of amides is 2. The van der Waals surface area contributed by atoms with E-state index in [9.17, 15) is 14.4 Å². The van der Waals surface area contributed by atoms with Gasteiger partial charge in [0.25, 0.3) is 0 Å². The minimum absolute atomic E-state index is 0.0417. The first kappa shape index (κ1) is 17.9. The van der Waals surface area contributed by atoms with Crippen LogP contribution in [0.2, 0.25) is 0 Å². The zero-order chi connectivity index (χ0) is 17.4. The van der Waals surface area contributed by atoms with Gasteiger partial charge in [-0.1, -0.05) is 12.1 Å². The van der Waals surface area contributed by atoms with Crippen molar-refractivity contribution in [3.05, 3.63) is 29.8 Å². The average Bonchev–Trinajstić information content (AvgIpc) is 2.62.